The predicted octanol–water partition coefficient (Wildman–Crippen LogP) is 4.82. The summed E-state index contributed by atoms with van der Waals surface area (Å²) in [6, 6.07) is 11.1. The Hall–Kier alpha value is -3.24. The Kier molecular flexibility index (Phi) is 6.57. The van der Waals surface area contributed by atoms with E-state index >= 15 is 0 Å². The van der Waals surface area contributed by atoms with Gasteiger partial charge in [-0.3, -0.25) is 4.90 Å². The number of hydrogen-bond donors (Lipinski definition) is 0. The summed E-state index contributed by atoms with van der Waals surface area (Å²) in [5.41, 5.74) is 1.76. The van der Waals surface area contributed by atoms with Gasteiger partial charge in [-0.05, 0) is 29.8 Å². The van der Waals surface area contributed by atoms with Crippen LogP contribution in [0.1, 0.15) is 22.4 Å². The van der Waals surface area contributed by atoms with Gasteiger partial charge >= 0.3 is 6.18 Å². The molecule has 5 rings (SSSR count). The molecule has 1 fully saturated rings. The first-order valence-electron chi connectivity index (χ1n) is 11.4. The van der Waals surface area contributed by atoms with Gasteiger partial charge in [0.05, 0.1) is 30.0 Å². The average molecular weight is 488 g/mol. The molecule has 0 spiro atoms. The van der Waals surface area contributed by atoms with Gasteiger partial charge in [-0.25, -0.2) is 9.37 Å². The summed E-state index contributed by atoms with van der Waals surface area (Å²) < 4.78 is 63.9. The molecule has 35 heavy (non-hydrogen) atoms. The third-order valence-electron chi connectivity index (χ3n) is 6.08. The zero-order chi connectivity index (χ0) is 24.4. The molecular weight excluding hydrogens is 464 g/mol. The molecule has 3 aromatic rings. The minimum Gasteiger partial charge on any atom is -0.438 e. The number of rotatable bonds is 5. The summed E-state index contributed by atoms with van der Waals surface area (Å²) in [6.45, 7) is 4.12. The summed E-state index contributed by atoms with van der Waals surface area (Å²) in [6.07, 6.45) is -3.73. The van der Waals surface area contributed by atoms with Crippen molar-refractivity contribution in [2.45, 2.75) is 25.7 Å². The fourth-order valence-corrected chi connectivity index (χ4v) is 4.25. The fraction of sp³-hybridized carbons (Fsp3) is 0.360. The van der Waals surface area contributed by atoms with Crippen LogP contribution in [0, 0.1) is 5.82 Å². The van der Waals surface area contributed by atoms with Crippen molar-refractivity contribution in [3.63, 3.8) is 0 Å². The van der Waals surface area contributed by atoms with Crippen LogP contribution in [0.5, 0.6) is 11.6 Å². The lowest BCUT2D eigenvalue weighted by atomic mass is 10.0. The van der Waals surface area contributed by atoms with Crippen LogP contribution in [0.3, 0.4) is 0 Å². The Balaban J connectivity index is 1.40. The first kappa shape index (κ1) is 23.5. The van der Waals surface area contributed by atoms with Crippen LogP contribution in [0.25, 0.3) is 0 Å². The van der Waals surface area contributed by atoms with Gasteiger partial charge in [-0.1, -0.05) is 18.2 Å². The van der Waals surface area contributed by atoms with Gasteiger partial charge in [-0.2, -0.15) is 18.2 Å². The maximum atomic E-state index is 13.8. The zero-order valence-electron chi connectivity index (χ0n) is 18.9. The lowest BCUT2D eigenvalue weighted by Crippen LogP contribution is -2.38. The van der Waals surface area contributed by atoms with Crippen LogP contribution >= 0.6 is 0 Å². The number of ether oxygens (including phenoxy) is 2. The molecule has 2 aliphatic heterocycles. The van der Waals surface area contributed by atoms with Crippen LogP contribution in [-0.2, 0) is 30.4 Å². The van der Waals surface area contributed by atoms with Crippen molar-refractivity contribution < 1.29 is 27.0 Å². The van der Waals surface area contributed by atoms with Gasteiger partial charge in [0.25, 0.3) is 0 Å². The molecule has 0 bridgehead atoms. The monoisotopic (exact) mass is 488 g/mol. The Labute approximate surface area is 200 Å². The van der Waals surface area contributed by atoms with Crippen LogP contribution in [0.2, 0.25) is 0 Å². The third-order valence-corrected chi connectivity index (χ3v) is 6.08. The Morgan fingerprint density at radius 2 is 1.74 bits per heavy atom. The van der Waals surface area contributed by atoms with Gasteiger partial charge in [-0.15, -0.1) is 0 Å². The van der Waals surface area contributed by atoms with E-state index in [0.717, 1.165) is 29.0 Å². The lowest BCUT2D eigenvalue weighted by Gasteiger charge is -2.32. The highest BCUT2D eigenvalue weighted by atomic mass is 19.4. The maximum absolute atomic E-state index is 13.8. The van der Waals surface area contributed by atoms with Gasteiger partial charge in [0, 0.05) is 45.2 Å². The minimum atomic E-state index is -4.36. The van der Waals surface area contributed by atoms with Crippen LogP contribution in [-0.4, -0.2) is 47.7 Å². The molecule has 0 atom stereocenters. The number of halogens is 4. The maximum Gasteiger partial charge on any atom is 0.416 e. The van der Waals surface area contributed by atoms with Crippen molar-refractivity contribution in [1.82, 2.24) is 14.9 Å². The van der Waals surface area contributed by atoms with Crippen molar-refractivity contribution in [2.75, 3.05) is 37.7 Å². The number of morpholine rings is 1. The highest BCUT2D eigenvalue weighted by Crippen LogP contribution is 2.33. The molecule has 184 valence electrons. The van der Waals surface area contributed by atoms with Gasteiger partial charge in [0.1, 0.15) is 11.6 Å². The summed E-state index contributed by atoms with van der Waals surface area (Å²) in [7, 11) is 0. The number of anilines is 1. The van der Waals surface area contributed by atoms with E-state index in [1.165, 1.54) is 24.3 Å². The van der Waals surface area contributed by atoms with E-state index in [1.807, 2.05) is 4.90 Å². The molecule has 2 aromatic carbocycles. The van der Waals surface area contributed by atoms with E-state index < -0.39 is 17.6 Å². The van der Waals surface area contributed by atoms with E-state index in [-0.39, 0.29) is 0 Å². The van der Waals surface area contributed by atoms with E-state index in [2.05, 4.69) is 9.88 Å². The second kappa shape index (κ2) is 9.79. The predicted molar refractivity (Wildman–Crippen MR) is 121 cm³/mol. The molecule has 10 heteroatoms. The topological polar surface area (TPSA) is 50.7 Å². The van der Waals surface area contributed by atoms with E-state index in [0.29, 0.717) is 69.9 Å². The highest BCUT2D eigenvalue weighted by Gasteiger charge is 2.30. The van der Waals surface area contributed by atoms with Crippen molar-refractivity contribution in [3.05, 3.63) is 76.7 Å². The summed E-state index contributed by atoms with van der Waals surface area (Å²) in [5.74, 6) is 0.829. The Bertz CT molecular complexity index is 1180. The van der Waals surface area contributed by atoms with Crippen LogP contribution in [0.15, 0.2) is 48.5 Å². The van der Waals surface area contributed by atoms with Gasteiger partial charge in [0.15, 0.2) is 0 Å². The van der Waals surface area contributed by atoms with Gasteiger partial charge < -0.3 is 14.4 Å². The second-order valence-electron chi connectivity index (χ2n) is 8.57. The number of aromatic nitrogens is 2. The van der Waals surface area contributed by atoms with Crippen molar-refractivity contribution >= 4 is 5.95 Å². The number of fused-ring (bicyclic) bond motifs is 1. The molecule has 0 aliphatic carbocycles. The third kappa shape index (κ3) is 5.54. The van der Waals surface area contributed by atoms with Crippen molar-refractivity contribution in [3.8, 4) is 11.6 Å². The SMILES string of the molecule is Fc1cccc(Oc2nc(N3CCOCC3)nc3c2CN(Cc2ccc(C(F)(F)F)cc2)CC3)c1. The first-order valence-corrected chi connectivity index (χ1v) is 11.4. The summed E-state index contributed by atoms with van der Waals surface area (Å²) >= 11 is 0. The zero-order valence-corrected chi connectivity index (χ0v) is 18.9. The molecular formula is C25H24F4N4O2. The molecule has 1 aromatic heterocycles. The Morgan fingerprint density at radius 1 is 0.971 bits per heavy atom. The molecule has 0 amide bonds. The van der Waals surface area contributed by atoms with E-state index in [1.54, 1.807) is 12.1 Å². The molecule has 3 heterocycles. The first-order chi connectivity index (χ1) is 16.8. The lowest BCUT2D eigenvalue weighted by molar-refractivity contribution is -0.137. The normalized spacial score (nSPS) is 16.7. The van der Waals surface area contributed by atoms with E-state index in [4.69, 9.17) is 14.5 Å². The van der Waals surface area contributed by atoms with Crippen LogP contribution < -0.4 is 9.64 Å². The van der Waals surface area contributed by atoms with Crippen molar-refractivity contribution in [2.24, 2.45) is 0 Å². The number of benzene rings is 2. The van der Waals surface area contributed by atoms with E-state index in [9.17, 15) is 17.6 Å². The molecule has 6 nitrogen and oxygen atoms in total. The number of hydrogen-bond acceptors (Lipinski definition) is 6. The molecule has 0 unspecified atom stereocenters. The average Bonchev–Trinajstić information content (AvgIpc) is 2.84. The quantitative estimate of drug-likeness (QED) is 0.480. The molecule has 0 N–H and O–H groups in total. The Morgan fingerprint density at radius 3 is 2.46 bits per heavy atom. The molecule has 0 radical (unpaired) electrons. The van der Waals surface area contributed by atoms with Crippen LogP contribution in [0.4, 0.5) is 23.5 Å². The fourth-order valence-electron chi connectivity index (χ4n) is 4.25. The number of alkyl halides is 3. The standard InChI is InChI=1S/C25H24F4N4O2/c26-19-2-1-3-20(14-19)35-23-21-16-32(15-17-4-6-18(7-5-17)25(27,28)29)9-8-22(21)30-24(31-23)33-10-12-34-13-11-33/h1-7,14H,8-13,15-16H2. The second-order valence-corrected chi connectivity index (χ2v) is 8.57. The smallest absolute Gasteiger partial charge is 0.416 e. The van der Waals surface area contributed by atoms with Gasteiger partial charge in [0.2, 0.25) is 11.8 Å². The molecule has 2 aliphatic rings. The van der Waals surface area contributed by atoms with Crippen molar-refractivity contribution in [1.29, 1.82) is 0 Å². The minimum absolute atomic E-state index is 0.332. The number of nitrogens with zero attached hydrogens (tertiary/aromatic N) is 4. The molecule has 0 saturated carbocycles. The molecule has 1 saturated heterocycles. The summed E-state index contributed by atoms with van der Waals surface area (Å²) in [5, 5.41) is 0. The summed E-state index contributed by atoms with van der Waals surface area (Å²) in [4.78, 5) is 13.6. The highest BCUT2D eigenvalue weighted by molar-refractivity contribution is 5.44. The largest absolute Gasteiger partial charge is 0.438 e.